The van der Waals surface area contributed by atoms with E-state index in [1.165, 1.54) is 5.69 Å². The number of hydrogen-bond donors (Lipinski definition) is 2. The second-order valence-electron chi connectivity index (χ2n) is 8.09. The highest BCUT2D eigenvalue weighted by Gasteiger charge is 2.24. The van der Waals surface area contributed by atoms with E-state index in [1.807, 2.05) is 19.1 Å². The first-order valence-corrected chi connectivity index (χ1v) is 11.4. The van der Waals surface area contributed by atoms with Gasteiger partial charge in [0, 0.05) is 55.4 Å². The fraction of sp³-hybridized carbons (Fsp3) is 0.545. The van der Waals surface area contributed by atoms with E-state index in [4.69, 9.17) is 0 Å². The van der Waals surface area contributed by atoms with E-state index in [-0.39, 0.29) is 12.0 Å². The highest BCUT2D eigenvalue weighted by atomic mass is 32.1. The minimum absolute atomic E-state index is 0.0236. The molecule has 1 aromatic carbocycles. The van der Waals surface area contributed by atoms with Crippen molar-refractivity contribution in [1.82, 2.24) is 15.2 Å². The summed E-state index contributed by atoms with van der Waals surface area (Å²) in [7, 11) is 0. The van der Waals surface area contributed by atoms with Crippen molar-refractivity contribution in [3.8, 4) is 0 Å². The largest absolute Gasteiger partial charge is 0.391 e. The number of nitrogens with one attached hydrogen (secondary N) is 1. The molecular weight excluding hydrogens is 384 g/mol. The van der Waals surface area contributed by atoms with Gasteiger partial charge in [-0.3, -0.25) is 4.79 Å². The van der Waals surface area contributed by atoms with Gasteiger partial charge in [-0.2, -0.15) is 0 Å². The maximum Gasteiger partial charge on any atom is 0.253 e. The number of aliphatic hydroxyl groups excluding tert-OH is 1. The number of aryl methyl sites for hydroxylation is 1. The first-order chi connectivity index (χ1) is 14.1. The summed E-state index contributed by atoms with van der Waals surface area (Å²) in [6.45, 7) is 6.09. The van der Waals surface area contributed by atoms with Gasteiger partial charge in [-0.1, -0.05) is 0 Å². The predicted octanol–water partition coefficient (Wildman–Crippen LogP) is 2.81. The van der Waals surface area contributed by atoms with Gasteiger partial charge in [0.1, 0.15) is 0 Å². The minimum Gasteiger partial charge on any atom is -0.391 e. The summed E-state index contributed by atoms with van der Waals surface area (Å²) in [5, 5.41) is 16.7. The summed E-state index contributed by atoms with van der Waals surface area (Å²) in [4.78, 5) is 21.3. The molecule has 2 aliphatic heterocycles. The molecule has 1 unspecified atom stereocenters. The maximum absolute atomic E-state index is 12.7. The van der Waals surface area contributed by atoms with Crippen molar-refractivity contribution in [1.29, 1.82) is 0 Å². The van der Waals surface area contributed by atoms with E-state index in [9.17, 15) is 9.90 Å². The predicted molar refractivity (Wildman–Crippen MR) is 117 cm³/mol. The molecule has 4 rings (SSSR count). The molecular formula is C22H30N4O2S. The lowest BCUT2D eigenvalue weighted by atomic mass is 10.0. The smallest absolute Gasteiger partial charge is 0.253 e. The number of benzene rings is 1. The van der Waals surface area contributed by atoms with Gasteiger partial charge in [0.15, 0.2) is 0 Å². The Labute approximate surface area is 176 Å². The Hall–Kier alpha value is -1.96. The fourth-order valence-electron chi connectivity index (χ4n) is 4.22. The van der Waals surface area contributed by atoms with Crippen LogP contribution in [0, 0.1) is 6.92 Å². The summed E-state index contributed by atoms with van der Waals surface area (Å²) in [5.74, 6) is 0.0236. The average molecular weight is 415 g/mol. The van der Waals surface area contributed by atoms with Crippen LogP contribution < -0.4 is 10.2 Å². The molecule has 7 heteroatoms. The van der Waals surface area contributed by atoms with Gasteiger partial charge in [-0.15, -0.1) is 11.3 Å². The zero-order valence-corrected chi connectivity index (χ0v) is 17.8. The number of rotatable bonds is 5. The lowest BCUT2D eigenvalue weighted by Gasteiger charge is -2.34. The van der Waals surface area contributed by atoms with Gasteiger partial charge in [-0.25, -0.2) is 4.98 Å². The third-order valence-corrected chi connectivity index (χ3v) is 6.72. The number of carbonyl (C=O) groups is 1. The molecule has 29 heavy (non-hydrogen) atoms. The van der Waals surface area contributed by atoms with Gasteiger partial charge in [-0.05, 0) is 56.9 Å². The number of anilines is 1. The molecule has 0 spiro atoms. The zero-order chi connectivity index (χ0) is 20.2. The Bertz CT molecular complexity index is 814. The van der Waals surface area contributed by atoms with Gasteiger partial charge in [0.25, 0.3) is 5.91 Å². The number of piperidine rings is 2. The van der Waals surface area contributed by atoms with Crippen LogP contribution in [-0.2, 0) is 6.54 Å². The first kappa shape index (κ1) is 20.3. The molecule has 156 valence electrons. The number of nitrogens with zero attached hydrogens (tertiary/aromatic N) is 3. The highest BCUT2D eigenvalue weighted by molar-refractivity contribution is 7.09. The number of amides is 1. The molecule has 2 fully saturated rings. The number of likely N-dealkylation sites (tertiary alicyclic amines) is 1. The lowest BCUT2D eigenvalue weighted by Crippen LogP contribution is -2.42. The topological polar surface area (TPSA) is 68.7 Å². The van der Waals surface area contributed by atoms with Crippen LogP contribution >= 0.6 is 11.3 Å². The van der Waals surface area contributed by atoms with Gasteiger partial charge >= 0.3 is 0 Å². The Balaban J connectivity index is 1.27. The molecule has 2 saturated heterocycles. The number of β-amino-alcohol motifs (C(OH)–C–C–N with tert-alkyl or cyclic N) is 1. The normalized spacial score (nSPS) is 20.8. The summed E-state index contributed by atoms with van der Waals surface area (Å²) in [5.41, 5.74) is 3.02. The summed E-state index contributed by atoms with van der Waals surface area (Å²) in [6, 6.07) is 8.49. The molecule has 2 aliphatic rings. The second-order valence-corrected chi connectivity index (χ2v) is 9.16. The maximum atomic E-state index is 12.7. The van der Waals surface area contributed by atoms with Crippen molar-refractivity contribution in [2.24, 2.45) is 0 Å². The summed E-state index contributed by atoms with van der Waals surface area (Å²) >= 11 is 1.70. The van der Waals surface area contributed by atoms with Crippen LogP contribution in [0.15, 0.2) is 29.6 Å². The van der Waals surface area contributed by atoms with E-state index in [0.717, 1.165) is 62.6 Å². The number of carbonyl (C=O) groups excluding carboxylic acids is 1. The van der Waals surface area contributed by atoms with Crippen LogP contribution in [0.4, 0.5) is 5.69 Å². The van der Waals surface area contributed by atoms with Crippen molar-refractivity contribution >= 4 is 22.9 Å². The van der Waals surface area contributed by atoms with Crippen molar-refractivity contribution < 1.29 is 9.90 Å². The summed E-state index contributed by atoms with van der Waals surface area (Å²) < 4.78 is 0. The molecule has 1 atom stereocenters. The third-order valence-electron chi connectivity index (χ3n) is 5.90. The second kappa shape index (κ2) is 9.24. The standard InChI is InChI=1S/C22H30N4O2S/c1-16-24-19(15-29-16)13-23-18-8-11-25(12-9-18)20-6-4-17(5-7-20)22(28)26-10-2-3-21(27)14-26/h4-7,15,18,21,23,27H,2-3,8-14H2,1H3. The number of aromatic nitrogens is 1. The van der Waals surface area contributed by atoms with Crippen LogP contribution in [0.25, 0.3) is 0 Å². The highest BCUT2D eigenvalue weighted by Crippen LogP contribution is 2.22. The molecule has 1 aromatic heterocycles. The molecule has 0 radical (unpaired) electrons. The molecule has 3 heterocycles. The van der Waals surface area contributed by atoms with Crippen LogP contribution in [0.5, 0.6) is 0 Å². The zero-order valence-electron chi connectivity index (χ0n) is 17.0. The van der Waals surface area contributed by atoms with E-state index in [0.29, 0.717) is 18.2 Å². The quantitative estimate of drug-likeness (QED) is 0.787. The van der Waals surface area contributed by atoms with Crippen LogP contribution in [-0.4, -0.2) is 59.2 Å². The Morgan fingerprint density at radius 2 is 1.97 bits per heavy atom. The fourth-order valence-corrected chi connectivity index (χ4v) is 4.83. The molecule has 0 aliphatic carbocycles. The van der Waals surface area contributed by atoms with Crippen molar-refractivity contribution in [3.63, 3.8) is 0 Å². The van der Waals surface area contributed by atoms with Gasteiger partial charge < -0.3 is 20.2 Å². The Kier molecular flexibility index (Phi) is 6.47. The monoisotopic (exact) mass is 414 g/mol. The Morgan fingerprint density at radius 3 is 2.62 bits per heavy atom. The van der Waals surface area contributed by atoms with Gasteiger partial charge in [0.05, 0.1) is 16.8 Å². The average Bonchev–Trinajstić information content (AvgIpc) is 3.17. The molecule has 2 aromatic rings. The van der Waals surface area contributed by atoms with E-state index < -0.39 is 0 Å². The molecule has 0 saturated carbocycles. The van der Waals surface area contributed by atoms with E-state index in [2.05, 4.69) is 32.7 Å². The molecule has 0 bridgehead atoms. The SMILES string of the molecule is Cc1nc(CNC2CCN(c3ccc(C(=O)N4CCCC(O)C4)cc3)CC2)cs1. The van der Waals surface area contributed by atoms with E-state index in [1.54, 1.807) is 16.2 Å². The number of thiazole rings is 1. The van der Waals surface area contributed by atoms with Gasteiger partial charge in [0.2, 0.25) is 0 Å². The third kappa shape index (κ3) is 5.15. The molecule has 2 N–H and O–H groups in total. The van der Waals surface area contributed by atoms with Crippen molar-refractivity contribution in [2.75, 3.05) is 31.1 Å². The number of aliphatic hydroxyl groups is 1. The minimum atomic E-state index is -0.388. The van der Waals surface area contributed by atoms with Crippen LogP contribution in [0.2, 0.25) is 0 Å². The van der Waals surface area contributed by atoms with Crippen LogP contribution in [0.1, 0.15) is 46.7 Å². The first-order valence-electron chi connectivity index (χ1n) is 10.6. The lowest BCUT2D eigenvalue weighted by molar-refractivity contribution is 0.0474. The molecule has 6 nitrogen and oxygen atoms in total. The van der Waals surface area contributed by atoms with E-state index >= 15 is 0 Å². The summed E-state index contributed by atoms with van der Waals surface area (Å²) in [6.07, 6.45) is 3.49. The van der Waals surface area contributed by atoms with Crippen molar-refractivity contribution in [2.45, 2.75) is 51.3 Å². The van der Waals surface area contributed by atoms with Crippen molar-refractivity contribution in [3.05, 3.63) is 45.9 Å². The van der Waals surface area contributed by atoms with Crippen LogP contribution in [0.3, 0.4) is 0 Å². The molecule has 1 amide bonds. The number of hydrogen-bond acceptors (Lipinski definition) is 6. The Morgan fingerprint density at radius 1 is 1.21 bits per heavy atom.